The first-order valence-electron chi connectivity index (χ1n) is 4.55. The van der Waals surface area contributed by atoms with E-state index in [9.17, 15) is 0 Å². The second-order valence-corrected chi connectivity index (χ2v) is 3.85. The quantitative estimate of drug-likeness (QED) is 0.449. The Morgan fingerprint density at radius 3 is 2.70 bits per heavy atom. The predicted octanol–water partition coefficient (Wildman–Crippen LogP) is 3.14. The maximum atomic E-state index is 4.14. The largest absolute Gasteiger partial charge is 0.0996 e. The summed E-state index contributed by atoms with van der Waals surface area (Å²) < 4.78 is 0. The molecular weight excluding hydrogens is 120 g/mol. The molecule has 0 spiro atoms. The monoisotopic (exact) mass is 136 g/mol. The molecule has 2 saturated carbocycles. The van der Waals surface area contributed by atoms with Gasteiger partial charge >= 0.3 is 0 Å². The zero-order valence-electron chi connectivity index (χ0n) is 6.60. The zero-order chi connectivity index (χ0) is 6.97. The highest BCUT2D eigenvalue weighted by atomic mass is 14.4. The smallest absolute Gasteiger partial charge is 0.0177 e. The van der Waals surface area contributed by atoms with E-state index < -0.39 is 0 Å². The first kappa shape index (κ1) is 6.45. The van der Waals surface area contributed by atoms with Gasteiger partial charge in [-0.05, 0) is 37.5 Å². The molecule has 2 aliphatic rings. The van der Waals surface area contributed by atoms with Gasteiger partial charge < -0.3 is 0 Å². The van der Waals surface area contributed by atoms with E-state index in [0.717, 1.165) is 11.8 Å². The second kappa shape index (κ2) is 2.41. The highest BCUT2D eigenvalue weighted by Crippen LogP contribution is 2.44. The molecule has 0 heterocycles. The molecule has 56 valence electrons. The average molecular weight is 136 g/mol. The van der Waals surface area contributed by atoms with Crippen molar-refractivity contribution in [3.63, 3.8) is 0 Å². The lowest BCUT2D eigenvalue weighted by Crippen LogP contribution is -2.13. The average Bonchev–Trinajstić information content (AvgIpc) is 2.34. The van der Waals surface area contributed by atoms with Crippen molar-refractivity contribution >= 4 is 0 Å². The fourth-order valence-electron chi connectivity index (χ4n) is 2.65. The van der Waals surface area contributed by atoms with Crippen LogP contribution in [0.4, 0.5) is 0 Å². The molecule has 0 bridgehead atoms. The minimum Gasteiger partial charge on any atom is -0.0996 e. The Labute approximate surface area is 63.3 Å². The fourth-order valence-corrected chi connectivity index (χ4v) is 2.65. The van der Waals surface area contributed by atoms with Gasteiger partial charge in [0, 0.05) is 0 Å². The molecule has 0 nitrogen and oxygen atoms in total. The van der Waals surface area contributed by atoms with Crippen LogP contribution in [0.5, 0.6) is 0 Å². The fraction of sp³-hybridized carbons (Fsp3) is 0.800. The summed E-state index contributed by atoms with van der Waals surface area (Å²) in [4.78, 5) is 0. The van der Waals surface area contributed by atoms with Crippen LogP contribution in [0.3, 0.4) is 0 Å². The maximum Gasteiger partial charge on any atom is -0.0177 e. The minimum absolute atomic E-state index is 0.939. The summed E-state index contributed by atoms with van der Waals surface area (Å²) >= 11 is 0. The van der Waals surface area contributed by atoms with Gasteiger partial charge in [0.1, 0.15) is 0 Å². The lowest BCUT2D eigenvalue weighted by molar-refractivity contribution is 0.303. The number of allylic oxidation sites excluding steroid dienone is 1. The van der Waals surface area contributed by atoms with Crippen molar-refractivity contribution in [2.24, 2.45) is 11.8 Å². The van der Waals surface area contributed by atoms with E-state index in [4.69, 9.17) is 0 Å². The van der Waals surface area contributed by atoms with Crippen molar-refractivity contribution in [1.29, 1.82) is 0 Å². The van der Waals surface area contributed by atoms with Crippen molar-refractivity contribution in [1.82, 2.24) is 0 Å². The first-order chi connectivity index (χ1) is 4.88. The summed E-state index contributed by atoms with van der Waals surface area (Å²) in [7, 11) is 0. The Morgan fingerprint density at radius 2 is 1.90 bits per heavy atom. The highest BCUT2D eigenvalue weighted by Gasteiger charge is 2.31. The first-order valence-corrected chi connectivity index (χ1v) is 4.55. The molecule has 0 aromatic carbocycles. The second-order valence-electron chi connectivity index (χ2n) is 3.85. The Morgan fingerprint density at radius 1 is 1.10 bits per heavy atom. The molecule has 0 aromatic rings. The van der Waals surface area contributed by atoms with Gasteiger partial charge in [-0.2, -0.15) is 0 Å². The van der Waals surface area contributed by atoms with Crippen LogP contribution in [-0.4, -0.2) is 0 Å². The summed E-state index contributed by atoms with van der Waals surface area (Å²) in [5, 5.41) is 0. The molecule has 0 amide bonds. The molecule has 2 fully saturated rings. The van der Waals surface area contributed by atoms with Crippen LogP contribution in [0.15, 0.2) is 12.2 Å². The highest BCUT2D eigenvalue weighted by molar-refractivity contribution is 5.09. The van der Waals surface area contributed by atoms with E-state index in [2.05, 4.69) is 6.58 Å². The molecule has 0 saturated heterocycles. The molecular formula is C10H16. The van der Waals surface area contributed by atoms with Gasteiger partial charge in [-0.3, -0.25) is 0 Å². The van der Waals surface area contributed by atoms with Gasteiger partial charge in [0.05, 0.1) is 0 Å². The molecule has 0 unspecified atom stereocenters. The van der Waals surface area contributed by atoms with Crippen LogP contribution >= 0.6 is 0 Å². The van der Waals surface area contributed by atoms with Crippen molar-refractivity contribution in [2.75, 3.05) is 0 Å². The van der Waals surface area contributed by atoms with Crippen LogP contribution in [0.25, 0.3) is 0 Å². The lowest BCUT2D eigenvalue weighted by atomic mass is 9.81. The Balaban J connectivity index is 2.08. The summed E-state index contributed by atoms with van der Waals surface area (Å²) in [6.07, 6.45) is 8.65. The molecule has 10 heavy (non-hydrogen) atoms. The van der Waals surface area contributed by atoms with E-state index in [-0.39, 0.29) is 0 Å². The molecule has 0 N–H and O–H groups in total. The third-order valence-corrected chi connectivity index (χ3v) is 3.27. The van der Waals surface area contributed by atoms with E-state index in [1.165, 1.54) is 38.5 Å². The summed E-state index contributed by atoms with van der Waals surface area (Å²) in [6, 6.07) is 0. The van der Waals surface area contributed by atoms with Gasteiger partial charge in [0.15, 0.2) is 0 Å². The van der Waals surface area contributed by atoms with Crippen LogP contribution in [0, 0.1) is 11.8 Å². The summed E-state index contributed by atoms with van der Waals surface area (Å²) in [5.74, 6) is 1.98. The van der Waals surface area contributed by atoms with Crippen LogP contribution < -0.4 is 0 Å². The van der Waals surface area contributed by atoms with E-state index in [0.29, 0.717) is 0 Å². The normalized spacial score (nSPS) is 39.8. The van der Waals surface area contributed by atoms with E-state index >= 15 is 0 Å². The van der Waals surface area contributed by atoms with Gasteiger partial charge in [-0.1, -0.05) is 25.0 Å². The molecule has 0 aliphatic heterocycles. The van der Waals surface area contributed by atoms with E-state index in [1.807, 2.05) is 0 Å². The van der Waals surface area contributed by atoms with Crippen molar-refractivity contribution in [3.8, 4) is 0 Å². The van der Waals surface area contributed by atoms with E-state index in [1.54, 1.807) is 5.57 Å². The third-order valence-electron chi connectivity index (χ3n) is 3.27. The number of hydrogen-bond acceptors (Lipinski definition) is 0. The summed E-state index contributed by atoms with van der Waals surface area (Å²) in [5.41, 5.74) is 1.56. The van der Waals surface area contributed by atoms with Gasteiger partial charge in [0.2, 0.25) is 0 Å². The lowest BCUT2D eigenvalue weighted by Gasteiger charge is -2.25. The zero-order valence-corrected chi connectivity index (χ0v) is 6.60. The number of fused-ring (bicyclic) bond motifs is 1. The number of rotatable bonds is 0. The molecule has 0 radical (unpaired) electrons. The Hall–Kier alpha value is -0.260. The van der Waals surface area contributed by atoms with Crippen LogP contribution in [0.1, 0.15) is 38.5 Å². The molecule has 2 aliphatic carbocycles. The predicted molar refractivity (Wildman–Crippen MR) is 43.8 cm³/mol. The van der Waals surface area contributed by atoms with Gasteiger partial charge in [0.25, 0.3) is 0 Å². The van der Waals surface area contributed by atoms with Crippen molar-refractivity contribution in [2.45, 2.75) is 38.5 Å². The Bertz CT molecular complexity index is 146. The SMILES string of the molecule is C=C1CC[C@@H]2CCCC[C@@H]12. The molecule has 2 atom stereocenters. The molecule has 0 aromatic heterocycles. The summed E-state index contributed by atoms with van der Waals surface area (Å²) in [6.45, 7) is 4.14. The molecule has 2 rings (SSSR count). The minimum atomic E-state index is 0.939. The van der Waals surface area contributed by atoms with Gasteiger partial charge in [-0.15, -0.1) is 0 Å². The van der Waals surface area contributed by atoms with Crippen LogP contribution in [-0.2, 0) is 0 Å². The Kier molecular flexibility index (Phi) is 1.55. The van der Waals surface area contributed by atoms with Gasteiger partial charge in [-0.25, -0.2) is 0 Å². The number of hydrogen-bond donors (Lipinski definition) is 0. The van der Waals surface area contributed by atoms with Crippen molar-refractivity contribution < 1.29 is 0 Å². The van der Waals surface area contributed by atoms with Crippen molar-refractivity contribution in [3.05, 3.63) is 12.2 Å². The van der Waals surface area contributed by atoms with Crippen LogP contribution in [0.2, 0.25) is 0 Å². The third kappa shape index (κ3) is 0.902. The standard InChI is InChI=1S/C10H16/c1-8-6-7-9-4-2-3-5-10(8)9/h9-10H,1-7H2/t9-,10-/m0/s1. The molecule has 0 heteroatoms. The maximum absolute atomic E-state index is 4.14. The topological polar surface area (TPSA) is 0 Å².